The van der Waals surface area contributed by atoms with Gasteiger partial charge in [-0.05, 0) is 58.7 Å². The van der Waals surface area contributed by atoms with Crippen LogP contribution in [0.25, 0.3) is 11.1 Å². The van der Waals surface area contributed by atoms with Crippen LogP contribution in [-0.2, 0) is 18.7 Å². The van der Waals surface area contributed by atoms with E-state index in [1.165, 1.54) is 0 Å². The van der Waals surface area contributed by atoms with Gasteiger partial charge in [-0.25, -0.2) is 10.5 Å². The van der Waals surface area contributed by atoms with Crippen molar-refractivity contribution < 1.29 is 39.5 Å². The van der Waals surface area contributed by atoms with Crippen LogP contribution >= 0.6 is 24.1 Å². The van der Waals surface area contributed by atoms with Gasteiger partial charge in [-0.15, -0.1) is 8.67 Å². The van der Waals surface area contributed by atoms with E-state index in [1.807, 2.05) is 83.8 Å². The normalized spacial score (nSPS) is 12.8. The summed E-state index contributed by atoms with van der Waals surface area (Å²) < 4.78 is 8.66. The Hall–Kier alpha value is -2.94. The van der Waals surface area contributed by atoms with E-state index in [2.05, 4.69) is 18.7 Å². The molecule has 0 saturated carbocycles. The summed E-state index contributed by atoms with van der Waals surface area (Å²) >= 11 is 1.11. The van der Waals surface area contributed by atoms with Crippen molar-refractivity contribution in [2.45, 2.75) is 10.9 Å². The Morgan fingerprint density at radius 2 is 0.892 bits per heavy atom. The molecule has 0 aliphatic heterocycles. The lowest BCUT2D eigenvalue weighted by Gasteiger charge is -2.26. The van der Waals surface area contributed by atoms with E-state index in [0.29, 0.717) is 35.2 Å². The van der Waals surface area contributed by atoms with Crippen LogP contribution in [0.4, 0.5) is 17.1 Å². The van der Waals surface area contributed by atoms with E-state index < -0.39 is 10.9 Å². The van der Waals surface area contributed by atoms with E-state index >= 15 is 0 Å². The summed E-state index contributed by atoms with van der Waals surface area (Å²) in [5.41, 5.74) is 3.66. The highest BCUT2D eigenvalue weighted by molar-refractivity contribution is 7.94. The number of nitrogens with zero attached hydrogens (tertiary/aromatic N) is 1. The molecule has 0 aromatic heterocycles. The maximum Gasteiger partial charge on any atom is 0.153 e. The lowest BCUT2D eigenvalue weighted by atomic mass is 10.0. The first-order chi connectivity index (χ1) is 18.1. The SMILES string of the molecule is OOOSC(O)c1ccc(N(c2ccc(-c3ccccc3)cc2)c2ccc(C(O)SOOO)cc2)cc1. The number of rotatable bonds is 12. The van der Waals surface area contributed by atoms with Gasteiger partial charge in [0.05, 0.1) is 24.1 Å². The first-order valence-electron chi connectivity index (χ1n) is 10.9. The molecule has 2 atom stereocenters. The molecule has 0 saturated heterocycles. The van der Waals surface area contributed by atoms with E-state index in [0.717, 1.165) is 28.2 Å². The summed E-state index contributed by atoms with van der Waals surface area (Å²) in [5.74, 6) is 0. The van der Waals surface area contributed by atoms with Crippen LogP contribution < -0.4 is 4.90 Å². The predicted molar refractivity (Wildman–Crippen MR) is 141 cm³/mol. The van der Waals surface area contributed by atoms with Crippen LogP contribution in [0.5, 0.6) is 0 Å². The molecule has 11 heteroatoms. The minimum atomic E-state index is -1.07. The standard InChI is InChI=1S/C26H23NO8S2/c28-25(36-34-32-30)20-8-14-23(15-9-20)27(24-16-10-21(11-17-24)26(29)37-35-33-31)22-12-6-19(7-13-22)18-4-2-1-3-5-18/h1-17,25-26,28-31H. The first-order valence-corrected chi connectivity index (χ1v) is 12.5. The van der Waals surface area contributed by atoms with Crippen molar-refractivity contribution in [2.75, 3.05) is 4.90 Å². The molecule has 0 spiro atoms. The number of benzene rings is 4. The van der Waals surface area contributed by atoms with Crippen LogP contribution in [0.15, 0.2) is 103 Å². The summed E-state index contributed by atoms with van der Waals surface area (Å²) in [6, 6.07) is 32.5. The van der Waals surface area contributed by atoms with Gasteiger partial charge in [0, 0.05) is 17.1 Å². The highest BCUT2D eigenvalue weighted by Crippen LogP contribution is 2.38. The minimum absolute atomic E-state index is 0.548. The number of aliphatic hydroxyl groups excluding tert-OH is 2. The van der Waals surface area contributed by atoms with Crippen molar-refractivity contribution >= 4 is 41.1 Å². The zero-order valence-electron chi connectivity index (χ0n) is 19.2. The highest BCUT2D eigenvalue weighted by Gasteiger charge is 2.17. The molecule has 37 heavy (non-hydrogen) atoms. The van der Waals surface area contributed by atoms with Crippen LogP contribution in [-0.4, -0.2) is 20.7 Å². The average Bonchev–Trinajstić information content (AvgIpc) is 2.96. The Morgan fingerprint density at radius 3 is 1.30 bits per heavy atom. The van der Waals surface area contributed by atoms with E-state index in [1.54, 1.807) is 24.3 Å². The fraction of sp³-hybridized carbons (Fsp3) is 0.0769. The molecule has 4 aromatic carbocycles. The molecule has 0 aliphatic rings. The molecule has 0 radical (unpaired) electrons. The Morgan fingerprint density at radius 1 is 0.514 bits per heavy atom. The zero-order chi connectivity index (χ0) is 26.0. The molecule has 9 nitrogen and oxygen atoms in total. The smallest absolute Gasteiger partial charge is 0.153 e. The Labute approximate surface area is 221 Å². The van der Waals surface area contributed by atoms with Crippen LogP contribution in [0.3, 0.4) is 0 Å². The fourth-order valence-electron chi connectivity index (χ4n) is 3.68. The van der Waals surface area contributed by atoms with Gasteiger partial charge in [0.1, 0.15) is 0 Å². The molecule has 4 aromatic rings. The molecular weight excluding hydrogens is 518 g/mol. The Bertz CT molecular complexity index is 1170. The monoisotopic (exact) mass is 541 g/mol. The van der Waals surface area contributed by atoms with E-state index in [9.17, 15) is 10.2 Å². The molecular formula is C26H23NO8S2. The van der Waals surface area contributed by atoms with Crippen molar-refractivity contribution in [1.29, 1.82) is 0 Å². The Kier molecular flexibility index (Phi) is 9.93. The van der Waals surface area contributed by atoms with E-state index in [4.69, 9.17) is 10.5 Å². The van der Waals surface area contributed by atoms with Crippen molar-refractivity contribution in [3.8, 4) is 11.1 Å². The van der Waals surface area contributed by atoms with Gasteiger partial charge >= 0.3 is 0 Å². The molecule has 0 amide bonds. The second-order valence-corrected chi connectivity index (χ2v) is 9.16. The molecule has 192 valence electrons. The van der Waals surface area contributed by atoms with Crippen molar-refractivity contribution in [3.05, 3.63) is 114 Å². The van der Waals surface area contributed by atoms with Gasteiger partial charge in [-0.3, -0.25) is 0 Å². The molecule has 0 fully saturated rings. The number of hydrogen-bond acceptors (Lipinski definition) is 11. The molecule has 0 heterocycles. The van der Waals surface area contributed by atoms with Gasteiger partial charge in [0.25, 0.3) is 0 Å². The quantitative estimate of drug-likeness (QED) is 0.0645. The van der Waals surface area contributed by atoms with Crippen molar-refractivity contribution in [1.82, 2.24) is 0 Å². The highest BCUT2D eigenvalue weighted by atomic mass is 32.2. The average molecular weight is 542 g/mol. The van der Waals surface area contributed by atoms with Crippen molar-refractivity contribution in [2.24, 2.45) is 0 Å². The lowest BCUT2D eigenvalue weighted by molar-refractivity contribution is -0.432. The number of aliphatic hydroxyl groups is 2. The molecule has 4 N–H and O–H groups in total. The second-order valence-electron chi connectivity index (χ2n) is 7.61. The van der Waals surface area contributed by atoms with Gasteiger partial charge in [-0.1, -0.05) is 76.8 Å². The van der Waals surface area contributed by atoms with Gasteiger partial charge in [0.2, 0.25) is 0 Å². The summed E-state index contributed by atoms with van der Waals surface area (Å²) in [6.07, 6.45) is 0. The summed E-state index contributed by atoms with van der Waals surface area (Å²) in [7, 11) is 0. The van der Waals surface area contributed by atoms with Gasteiger partial charge < -0.3 is 15.1 Å². The molecule has 0 bridgehead atoms. The third-order valence-corrected chi connectivity index (χ3v) is 6.61. The molecule has 0 aliphatic carbocycles. The minimum Gasteiger partial charge on any atom is -0.375 e. The third-order valence-electron chi connectivity index (χ3n) is 5.43. The Balaban J connectivity index is 1.66. The van der Waals surface area contributed by atoms with E-state index in [-0.39, 0.29) is 0 Å². The maximum atomic E-state index is 10.2. The predicted octanol–water partition coefficient (Wildman–Crippen LogP) is 6.94. The van der Waals surface area contributed by atoms with Gasteiger partial charge in [0.15, 0.2) is 10.9 Å². The molecule has 4 rings (SSSR count). The van der Waals surface area contributed by atoms with Crippen LogP contribution in [0, 0.1) is 0 Å². The summed E-state index contributed by atoms with van der Waals surface area (Å²) in [5, 5.41) is 44.1. The largest absolute Gasteiger partial charge is 0.375 e. The topological polar surface area (TPSA) is 121 Å². The maximum absolute atomic E-state index is 10.2. The summed E-state index contributed by atoms with van der Waals surface area (Å²) in [4.78, 5) is 2.02. The van der Waals surface area contributed by atoms with Crippen LogP contribution in [0.1, 0.15) is 22.0 Å². The fourth-order valence-corrected chi connectivity index (χ4v) is 4.43. The number of hydrogen-bond donors (Lipinski definition) is 4. The summed E-state index contributed by atoms with van der Waals surface area (Å²) in [6.45, 7) is 0. The zero-order valence-corrected chi connectivity index (χ0v) is 20.8. The molecule has 2 unspecified atom stereocenters. The third kappa shape index (κ3) is 7.09. The lowest BCUT2D eigenvalue weighted by Crippen LogP contribution is -2.10. The van der Waals surface area contributed by atoms with Gasteiger partial charge in [-0.2, -0.15) is 0 Å². The number of anilines is 3. The van der Waals surface area contributed by atoms with Crippen molar-refractivity contribution in [3.63, 3.8) is 0 Å². The second kappa shape index (κ2) is 13.6. The first kappa shape index (κ1) is 27.1. The van der Waals surface area contributed by atoms with Crippen LogP contribution in [0.2, 0.25) is 0 Å².